The third-order valence-corrected chi connectivity index (χ3v) is 2.82. The van der Waals surface area contributed by atoms with Crippen LogP contribution >= 0.6 is 0 Å². The van der Waals surface area contributed by atoms with Crippen LogP contribution in [0.1, 0.15) is 44.9 Å². The van der Waals surface area contributed by atoms with Gasteiger partial charge in [-0.15, -0.1) is 0 Å². The first kappa shape index (κ1) is 6.45. The van der Waals surface area contributed by atoms with Crippen LogP contribution in [0, 0.1) is 12.0 Å². The molecule has 0 bridgehead atoms. The Hall–Kier alpha value is -0.260. The molecular weight excluding hydrogens is 120 g/mol. The van der Waals surface area contributed by atoms with Crippen LogP contribution in [0.4, 0.5) is 0 Å². The van der Waals surface area contributed by atoms with Crippen LogP contribution in [-0.2, 0) is 0 Å². The maximum atomic E-state index is 3.52. The Labute approximate surface area is 63.3 Å². The summed E-state index contributed by atoms with van der Waals surface area (Å²) < 4.78 is 0. The minimum Gasteiger partial charge on any atom is -0.0636 e. The van der Waals surface area contributed by atoms with Gasteiger partial charge < -0.3 is 0 Å². The van der Waals surface area contributed by atoms with Gasteiger partial charge in [-0.1, -0.05) is 18.4 Å². The molecule has 0 aromatic heterocycles. The van der Waals surface area contributed by atoms with Crippen LogP contribution in [0.3, 0.4) is 0 Å². The molecule has 0 unspecified atom stereocenters. The summed E-state index contributed by atoms with van der Waals surface area (Å²) in [7, 11) is 0. The van der Waals surface area contributed by atoms with Crippen molar-refractivity contribution in [2.24, 2.45) is 5.92 Å². The monoisotopic (exact) mass is 135 g/mol. The third kappa shape index (κ3) is 1.12. The molecule has 0 heteroatoms. The summed E-state index contributed by atoms with van der Waals surface area (Å²) in [5.41, 5.74) is 1.68. The number of hydrogen-bond acceptors (Lipinski definition) is 0. The molecule has 0 atom stereocenters. The lowest BCUT2D eigenvalue weighted by Crippen LogP contribution is -1.94. The zero-order valence-corrected chi connectivity index (χ0v) is 6.53. The van der Waals surface area contributed by atoms with Gasteiger partial charge in [-0.25, -0.2) is 0 Å². The Balaban J connectivity index is 1.97. The first-order valence-corrected chi connectivity index (χ1v) is 4.56. The Bertz CT molecular complexity index is 138. The molecule has 1 saturated carbocycles. The maximum Gasteiger partial charge on any atom is -0.0197 e. The largest absolute Gasteiger partial charge is 0.0636 e. The summed E-state index contributed by atoms with van der Waals surface area (Å²) >= 11 is 0. The molecule has 0 nitrogen and oxygen atoms in total. The Kier molecular flexibility index (Phi) is 1.79. The van der Waals surface area contributed by atoms with Crippen molar-refractivity contribution in [1.82, 2.24) is 0 Å². The van der Waals surface area contributed by atoms with Crippen LogP contribution in [-0.4, -0.2) is 0 Å². The molecule has 0 heterocycles. The summed E-state index contributed by atoms with van der Waals surface area (Å²) in [4.78, 5) is 0. The highest BCUT2D eigenvalue weighted by Crippen LogP contribution is 2.35. The van der Waals surface area contributed by atoms with Crippen LogP contribution in [0.15, 0.2) is 5.57 Å². The van der Waals surface area contributed by atoms with E-state index in [0.717, 1.165) is 5.92 Å². The average molecular weight is 135 g/mol. The molecule has 0 amide bonds. The second-order valence-electron chi connectivity index (χ2n) is 3.54. The minimum atomic E-state index is 0.961. The van der Waals surface area contributed by atoms with Crippen LogP contribution in [0.2, 0.25) is 0 Å². The molecule has 0 N–H and O–H groups in total. The SMILES string of the molecule is [C]1=C(C2CCCC2)CCC1. The highest BCUT2D eigenvalue weighted by molar-refractivity contribution is 5.08. The summed E-state index contributed by atoms with van der Waals surface area (Å²) in [6, 6.07) is 0. The van der Waals surface area contributed by atoms with E-state index in [1.165, 1.54) is 44.9 Å². The summed E-state index contributed by atoms with van der Waals surface area (Å²) in [5, 5.41) is 0. The van der Waals surface area contributed by atoms with E-state index < -0.39 is 0 Å². The third-order valence-electron chi connectivity index (χ3n) is 2.82. The zero-order valence-electron chi connectivity index (χ0n) is 6.53. The lowest BCUT2D eigenvalue weighted by atomic mass is 9.97. The van der Waals surface area contributed by atoms with Gasteiger partial charge in [0.05, 0.1) is 0 Å². The quantitative estimate of drug-likeness (QED) is 0.518. The van der Waals surface area contributed by atoms with Crippen molar-refractivity contribution < 1.29 is 0 Å². The van der Waals surface area contributed by atoms with Gasteiger partial charge in [0.15, 0.2) is 0 Å². The van der Waals surface area contributed by atoms with Crippen molar-refractivity contribution >= 4 is 0 Å². The Morgan fingerprint density at radius 2 is 1.90 bits per heavy atom. The molecule has 0 aromatic carbocycles. The van der Waals surface area contributed by atoms with E-state index in [0.29, 0.717) is 0 Å². The second kappa shape index (κ2) is 2.77. The summed E-state index contributed by atoms with van der Waals surface area (Å²) in [5.74, 6) is 0.961. The molecular formula is C10H15. The van der Waals surface area contributed by atoms with Crippen molar-refractivity contribution in [2.75, 3.05) is 0 Å². The predicted octanol–water partition coefficient (Wildman–Crippen LogP) is 3.09. The Morgan fingerprint density at radius 1 is 1.10 bits per heavy atom. The number of rotatable bonds is 1. The molecule has 10 heavy (non-hydrogen) atoms. The molecule has 0 aliphatic heterocycles. The number of hydrogen-bond donors (Lipinski definition) is 0. The number of allylic oxidation sites excluding steroid dienone is 2. The molecule has 0 spiro atoms. The van der Waals surface area contributed by atoms with Crippen LogP contribution in [0.5, 0.6) is 0 Å². The molecule has 1 fully saturated rings. The molecule has 55 valence electrons. The lowest BCUT2D eigenvalue weighted by molar-refractivity contribution is 0.619. The fourth-order valence-corrected chi connectivity index (χ4v) is 2.24. The molecule has 2 rings (SSSR count). The van der Waals surface area contributed by atoms with E-state index in [-0.39, 0.29) is 0 Å². The average Bonchev–Trinajstić information content (AvgIpc) is 2.59. The highest BCUT2D eigenvalue weighted by Gasteiger charge is 2.20. The van der Waals surface area contributed by atoms with E-state index in [1.54, 1.807) is 5.57 Å². The van der Waals surface area contributed by atoms with E-state index in [9.17, 15) is 0 Å². The van der Waals surface area contributed by atoms with Gasteiger partial charge in [0.2, 0.25) is 0 Å². The van der Waals surface area contributed by atoms with Gasteiger partial charge in [0.25, 0.3) is 0 Å². The fourth-order valence-electron chi connectivity index (χ4n) is 2.24. The molecule has 0 aromatic rings. The van der Waals surface area contributed by atoms with Gasteiger partial charge in [-0.2, -0.15) is 0 Å². The fraction of sp³-hybridized carbons (Fsp3) is 0.800. The van der Waals surface area contributed by atoms with Gasteiger partial charge in [-0.05, 0) is 44.1 Å². The van der Waals surface area contributed by atoms with Crippen LogP contribution < -0.4 is 0 Å². The summed E-state index contributed by atoms with van der Waals surface area (Å²) in [6.45, 7) is 0. The van der Waals surface area contributed by atoms with Gasteiger partial charge in [0.1, 0.15) is 0 Å². The predicted molar refractivity (Wildman–Crippen MR) is 42.6 cm³/mol. The van der Waals surface area contributed by atoms with E-state index in [2.05, 4.69) is 6.08 Å². The van der Waals surface area contributed by atoms with Gasteiger partial charge >= 0.3 is 0 Å². The smallest absolute Gasteiger partial charge is 0.0197 e. The lowest BCUT2D eigenvalue weighted by Gasteiger charge is -2.08. The van der Waals surface area contributed by atoms with Crippen molar-refractivity contribution in [3.05, 3.63) is 11.6 Å². The molecule has 1 radical (unpaired) electrons. The van der Waals surface area contributed by atoms with Crippen LogP contribution in [0.25, 0.3) is 0 Å². The van der Waals surface area contributed by atoms with Crippen molar-refractivity contribution in [3.8, 4) is 0 Å². The van der Waals surface area contributed by atoms with E-state index >= 15 is 0 Å². The first-order chi connectivity index (χ1) is 4.97. The zero-order chi connectivity index (χ0) is 6.81. The topological polar surface area (TPSA) is 0 Å². The maximum absolute atomic E-state index is 3.52. The molecule has 2 aliphatic carbocycles. The Morgan fingerprint density at radius 3 is 2.50 bits per heavy atom. The minimum absolute atomic E-state index is 0.961. The highest BCUT2D eigenvalue weighted by atomic mass is 14.3. The van der Waals surface area contributed by atoms with Gasteiger partial charge in [-0.3, -0.25) is 0 Å². The van der Waals surface area contributed by atoms with E-state index in [4.69, 9.17) is 0 Å². The second-order valence-corrected chi connectivity index (χ2v) is 3.54. The molecule has 0 saturated heterocycles. The summed E-state index contributed by atoms with van der Waals surface area (Å²) in [6.07, 6.45) is 13.4. The van der Waals surface area contributed by atoms with Crippen molar-refractivity contribution in [3.63, 3.8) is 0 Å². The first-order valence-electron chi connectivity index (χ1n) is 4.56. The van der Waals surface area contributed by atoms with Gasteiger partial charge in [0, 0.05) is 0 Å². The van der Waals surface area contributed by atoms with E-state index in [1.807, 2.05) is 0 Å². The standard InChI is InChI=1S/C10H15/c1-2-6-9(5-1)10-7-3-4-8-10/h9H,1-7H2. The van der Waals surface area contributed by atoms with Crippen molar-refractivity contribution in [1.29, 1.82) is 0 Å². The van der Waals surface area contributed by atoms with Crippen molar-refractivity contribution in [2.45, 2.75) is 44.9 Å². The normalized spacial score (nSPS) is 27.4. The molecule has 2 aliphatic rings.